The molecule has 0 aromatic rings. The van der Waals surface area contributed by atoms with Gasteiger partial charge < -0.3 is 113 Å². The normalized spacial score (nSPS) is 49.4. The first-order valence-corrected chi connectivity index (χ1v) is 31.0. The molecule has 28 heteroatoms. The molecule has 4 saturated heterocycles. The summed E-state index contributed by atoms with van der Waals surface area (Å²) in [4.78, 5) is 62.0. The van der Waals surface area contributed by atoms with Crippen LogP contribution in [0.3, 0.4) is 0 Å². The molecule has 4 heterocycles. The van der Waals surface area contributed by atoms with Crippen molar-refractivity contribution in [3.63, 3.8) is 0 Å². The van der Waals surface area contributed by atoms with E-state index in [1.54, 1.807) is 0 Å². The number of esters is 4. The maximum atomic E-state index is 12.6. The summed E-state index contributed by atoms with van der Waals surface area (Å²) < 4.78 is 71.3. The molecule has 0 aromatic carbocycles. The lowest BCUT2D eigenvalue weighted by atomic mass is 9.33. The Labute approximate surface area is 516 Å². The summed E-state index contributed by atoms with van der Waals surface area (Å²) >= 11 is 0. The molecule has 0 amide bonds. The molecule has 8 fully saturated rings. The molecule has 5 aliphatic carbocycles. The van der Waals surface area contributed by atoms with Crippen molar-refractivity contribution in [2.45, 2.75) is 263 Å². The van der Waals surface area contributed by atoms with Gasteiger partial charge in [-0.05, 0) is 90.8 Å². The van der Waals surface area contributed by atoms with Gasteiger partial charge in [-0.1, -0.05) is 60.1 Å². The van der Waals surface area contributed by atoms with E-state index in [1.807, 2.05) is 20.8 Å². The number of hydrogen-bond acceptors (Lipinski definition) is 27. The molecule has 89 heavy (non-hydrogen) atoms. The Morgan fingerprint density at radius 1 is 0.573 bits per heavy atom. The van der Waals surface area contributed by atoms with E-state index in [0.29, 0.717) is 51.4 Å². The maximum Gasteiger partial charge on any atom is 0.335 e. The lowest BCUT2D eigenvalue weighted by Gasteiger charge is -2.72. The van der Waals surface area contributed by atoms with Crippen molar-refractivity contribution in [3.8, 4) is 0 Å². The van der Waals surface area contributed by atoms with Crippen LogP contribution >= 0.6 is 0 Å². The Balaban J connectivity index is 0.960. The number of carbonyl (C=O) groups is 5. The topological polar surface area (TPSA) is 419 Å². The van der Waals surface area contributed by atoms with E-state index in [9.17, 15) is 80.1 Å². The molecule has 0 bridgehead atoms. The molecule has 0 unspecified atom stereocenters. The van der Waals surface area contributed by atoms with Crippen molar-refractivity contribution in [2.75, 3.05) is 26.4 Å². The van der Waals surface area contributed by atoms with Gasteiger partial charge in [-0.15, -0.1) is 0 Å². The minimum absolute atomic E-state index is 0.0472. The van der Waals surface area contributed by atoms with Crippen molar-refractivity contribution in [1.82, 2.24) is 0 Å². The average molecular weight is 1280 g/mol. The Hall–Kier alpha value is -3.63. The van der Waals surface area contributed by atoms with Gasteiger partial charge in [0.25, 0.3) is 0 Å². The Bertz CT molecular complexity index is 2620. The zero-order valence-electron chi connectivity index (χ0n) is 52.4. The zero-order chi connectivity index (χ0) is 65.6. The summed E-state index contributed by atoms with van der Waals surface area (Å²) in [7, 11) is 0. The smallest absolute Gasteiger partial charge is 0.335 e. The van der Waals surface area contributed by atoms with Crippen LogP contribution in [0.5, 0.6) is 0 Å². The first kappa shape index (κ1) is 69.7. The molecular formula is C61H94O28. The van der Waals surface area contributed by atoms with Crippen LogP contribution in [0.1, 0.15) is 128 Å². The standard InChI is InChI=1S/C61H94O28/c1-25(64)78-23-33-44(80-26(2)65)47(81-27(3)66)48(82-28(4)67)55(84-33)86-43-31(68)22-79-52(42(43)74)89-50-49(75)56(5,6)20-30-29-12-13-35-58(8)16-15-36(59(9,24-63)34(58)14-17-61(35,11)60(29,10)19-18-57(30,50)7)85-54-46(40(72)39(71)45(87-54)51(76)77)88-53-41(73)38(70)37(69)32(21-62)83-53/h12,30-50,52-55,62-63,68-75H,13-24H2,1-11H3,(H,76,77)/t30-,31-,32+,33+,34+,35+,36-,37-,38-,39-,40-,41+,42+,43-,44+,45-,46+,47-,48+,49-,50+,52-,53-,54+,55-,57+,58-,59+,60+,61+/m0/s1. The highest BCUT2D eigenvalue weighted by molar-refractivity contribution is 5.73. The molecule has 0 spiro atoms. The molecular weight excluding hydrogens is 1180 g/mol. The number of aliphatic carboxylic acids is 1. The molecule has 11 N–H and O–H groups in total. The number of aliphatic hydroxyl groups is 10. The Morgan fingerprint density at radius 3 is 1.81 bits per heavy atom. The van der Waals surface area contributed by atoms with E-state index in [1.165, 1.54) is 5.57 Å². The third-order valence-corrected chi connectivity index (χ3v) is 22.6. The largest absolute Gasteiger partial charge is 0.479 e. The van der Waals surface area contributed by atoms with Crippen LogP contribution in [-0.4, -0.2) is 247 Å². The summed E-state index contributed by atoms with van der Waals surface area (Å²) in [5.41, 5.74) is -2.55. The number of allylic oxidation sites excluding steroid dienone is 2. The fourth-order valence-corrected chi connectivity index (χ4v) is 17.6. The highest BCUT2D eigenvalue weighted by atomic mass is 16.8. The van der Waals surface area contributed by atoms with Crippen LogP contribution in [0.2, 0.25) is 0 Å². The summed E-state index contributed by atoms with van der Waals surface area (Å²) in [6, 6.07) is 0. The van der Waals surface area contributed by atoms with Gasteiger partial charge in [-0.3, -0.25) is 19.2 Å². The predicted molar refractivity (Wildman–Crippen MR) is 298 cm³/mol. The molecule has 0 radical (unpaired) electrons. The Morgan fingerprint density at radius 2 is 1.19 bits per heavy atom. The van der Waals surface area contributed by atoms with Crippen LogP contribution < -0.4 is 0 Å². The minimum Gasteiger partial charge on any atom is -0.479 e. The quantitative estimate of drug-likeness (QED) is 0.0398. The predicted octanol–water partition coefficient (Wildman–Crippen LogP) is -0.606. The van der Waals surface area contributed by atoms with Gasteiger partial charge in [-0.2, -0.15) is 0 Å². The number of carboxylic acids is 1. The second-order valence-corrected chi connectivity index (χ2v) is 28.3. The van der Waals surface area contributed by atoms with Crippen LogP contribution in [0.15, 0.2) is 11.6 Å². The van der Waals surface area contributed by atoms with Gasteiger partial charge in [-0.25, -0.2) is 4.79 Å². The zero-order valence-corrected chi connectivity index (χ0v) is 52.4. The average Bonchev–Trinajstić information content (AvgIpc) is 0.680. The summed E-state index contributed by atoms with van der Waals surface area (Å²) in [6.45, 7) is 17.0. The third-order valence-electron chi connectivity index (χ3n) is 22.6. The van der Waals surface area contributed by atoms with E-state index >= 15 is 0 Å². The third kappa shape index (κ3) is 12.3. The van der Waals surface area contributed by atoms with Crippen molar-refractivity contribution in [2.24, 2.45) is 50.2 Å². The highest BCUT2D eigenvalue weighted by Crippen LogP contribution is 2.76. The first-order chi connectivity index (χ1) is 41.5. The van der Waals surface area contributed by atoms with E-state index in [2.05, 4.69) is 33.8 Å². The number of carbonyl (C=O) groups excluding carboxylic acids is 4. The highest BCUT2D eigenvalue weighted by Gasteiger charge is 2.71. The molecule has 4 aliphatic heterocycles. The summed E-state index contributed by atoms with van der Waals surface area (Å²) in [5.74, 6) is -5.30. The van der Waals surface area contributed by atoms with Crippen LogP contribution in [0, 0.1) is 50.2 Å². The summed E-state index contributed by atoms with van der Waals surface area (Å²) in [5, 5.41) is 122. The molecule has 9 aliphatic rings. The van der Waals surface area contributed by atoms with Gasteiger partial charge in [0.15, 0.2) is 49.6 Å². The second-order valence-electron chi connectivity index (χ2n) is 28.3. The van der Waals surface area contributed by atoms with E-state index in [0.717, 1.165) is 27.7 Å². The number of aliphatic hydroxyl groups excluding tert-OH is 10. The van der Waals surface area contributed by atoms with E-state index in [-0.39, 0.29) is 29.8 Å². The Kier molecular flexibility index (Phi) is 20.3. The first-order valence-electron chi connectivity index (χ1n) is 31.0. The lowest BCUT2D eigenvalue weighted by molar-refractivity contribution is -0.375. The maximum absolute atomic E-state index is 12.6. The molecule has 0 aromatic heterocycles. The summed E-state index contributed by atoms with van der Waals surface area (Å²) in [6.07, 6.45) is -28.7. The van der Waals surface area contributed by atoms with Crippen molar-refractivity contribution in [3.05, 3.63) is 11.6 Å². The SMILES string of the molecule is CC(=O)OC[C@H]1O[C@@H](O[C@@H]2[C@@H](O)[C@H](O[C@@H]3[C@H](O)C(C)(C)C[C@H]4C5=CC[C@@H]6[C@@]7(C)CC[C@H](O[C@@H]8O[C@H](C(=O)O)[C@@H](O)[C@H](O)[C@H]8O[C@@H]8O[C@H](CO)[C@H](O)[C@H](O)[C@H]8O)[C@](C)(CO)[C@@H]7CC[C@@]6(C)[C@]5(C)CC[C@@]34C)OC[C@@H]2O)[C@H](OC(C)=O)[C@@H](OC(C)=O)[C@@H]1OC(C)=O. The van der Waals surface area contributed by atoms with Gasteiger partial charge in [0.2, 0.25) is 0 Å². The van der Waals surface area contributed by atoms with Gasteiger partial charge in [0, 0.05) is 38.5 Å². The number of hydrogen-bond donors (Lipinski definition) is 11. The molecule has 4 saturated carbocycles. The van der Waals surface area contributed by atoms with Crippen LogP contribution in [0.25, 0.3) is 0 Å². The number of rotatable bonds is 16. The van der Waals surface area contributed by atoms with Crippen molar-refractivity contribution >= 4 is 29.8 Å². The minimum atomic E-state index is -2.06. The monoisotopic (exact) mass is 1270 g/mol. The molecule has 506 valence electrons. The van der Waals surface area contributed by atoms with Crippen LogP contribution in [0.4, 0.5) is 0 Å². The van der Waals surface area contributed by atoms with E-state index in [4.69, 9.17) is 56.8 Å². The van der Waals surface area contributed by atoms with Crippen LogP contribution in [-0.2, 0) is 80.8 Å². The van der Waals surface area contributed by atoms with Gasteiger partial charge in [0.05, 0.1) is 38.1 Å². The molecule has 30 atom stereocenters. The fourth-order valence-electron chi connectivity index (χ4n) is 17.6. The van der Waals surface area contributed by atoms with E-state index < -0.39 is 212 Å². The van der Waals surface area contributed by atoms with Crippen molar-refractivity contribution < 1.29 is 137 Å². The molecule has 9 rings (SSSR count). The lowest BCUT2D eigenvalue weighted by Crippen LogP contribution is -2.69. The van der Waals surface area contributed by atoms with Gasteiger partial charge >= 0.3 is 29.8 Å². The second kappa shape index (κ2) is 25.9. The number of ether oxygens (including phenoxy) is 12. The number of carboxylic acid groups (broad SMARTS) is 1. The number of fused-ring (bicyclic) bond motifs is 7. The van der Waals surface area contributed by atoms with Gasteiger partial charge in [0.1, 0.15) is 73.8 Å². The molecule has 28 nitrogen and oxygen atoms in total. The fraction of sp³-hybridized carbons (Fsp3) is 0.885. The van der Waals surface area contributed by atoms with Crippen molar-refractivity contribution in [1.29, 1.82) is 0 Å².